The van der Waals surface area contributed by atoms with Gasteiger partial charge in [-0.1, -0.05) is 68.4 Å². The van der Waals surface area contributed by atoms with E-state index >= 15 is 0 Å². The molecule has 0 fully saturated rings. The number of phenols is 2. The molecule has 2 heteroatoms. The minimum absolute atomic E-state index is 0.327. The van der Waals surface area contributed by atoms with Crippen molar-refractivity contribution in [2.45, 2.75) is 44.4 Å². The molecule has 0 aliphatic heterocycles. The van der Waals surface area contributed by atoms with Crippen LogP contribution in [-0.4, -0.2) is 10.2 Å². The van der Waals surface area contributed by atoms with Gasteiger partial charge in [-0.3, -0.25) is 0 Å². The first kappa shape index (κ1) is 18.3. The lowest BCUT2D eigenvalue weighted by Gasteiger charge is -2.40. The Morgan fingerprint density at radius 2 is 1.41 bits per heavy atom. The van der Waals surface area contributed by atoms with Crippen LogP contribution in [0.25, 0.3) is 0 Å². The molecule has 2 N–H and O–H groups in total. The summed E-state index contributed by atoms with van der Waals surface area (Å²) < 4.78 is 0. The van der Waals surface area contributed by atoms with Crippen molar-refractivity contribution in [1.29, 1.82) is 0 Å². The molecule has 0 heterocycles. The molecule has 148 valence electrons. The topological polar surface area (TPSA) is 40.5 Å². The van der Waals surface area contributed by atoms with Gasteiger partial charge >= 0.3 is 0 Å². The Kier molecular flexibility index (Phi) is 4.20. The maximum absolute atomic E-state index is 11.0. The summed E-state index contributed by atoms with van der Waals surface area (Å²) in [5.41, 5.74) is 5.59. The van der Waals surface area contributed by atoms with E-state index in [2.05, 4.69) is 56.3 Å². The van der Waals surface area contributed by atoms with Crippen LogP contribution in [0.2, 0.25) is 0 Å². The van der Waals surface area contributed by atoms with Gasteiger partial charge in [0.2, 0.25) is 0 Å². The van der Waals surface area contributed by atoms with Gasteiger partial charge < -0.3 is 10.2 Å². The third kappa shape index (κ3) is 2.55. The van der Waals surface area contributed by atoms with Crippen molar-refractivity contribution in [1.82, 2.24) is 0 Å². The monoisotopic (exact) mass is 384 g/mol. The van der Waals surface area contributed by atoms with Crippen LogP contribution in [0.4, 0.5) is 0 Å². The molecule has 5 rings (SSSR count). The van der Waals surface area contributed by atoms with E-state index in [0.717, 1.165) is 30.4 Å². The van der Waals surface area contributed by atoms with Gasteiger partial charge in [0.05, 0.1) is 0 Å². The summed E-state index contributed by atoms with van der Waals surface area (Å²) >= 11 is 0. The van der Waals surface area contributed by atoms with Crippen LogP contribution in [0.15, 0.2) is 66.7 Å². The third-order valence-electron chi connectivity index (χ3n) is 7.51. The predicted octanol–water partition coefficient (Wildman–Crippen LogP) is 5.94. The lowest BCUT2D eigenvalue weighted by Crippen LogP contribution is -2.37. The van der Waals surface area contributed by atoms with Crippen LogP contribution in [-0.2, 0) is 18.3 Å². The zero-order valence-electron chi connectivity index (χ0n) is 17.1. The number of phenolic OH excluding ortho intramolecular Hbond substituents is 2. The molecule has 29 heavy (non-hydrogen) atoms. The highest BCUT2D eigenvalue weighted by Crippen LogP contribution is 2.63. The van der Waals surface area contributed by atoms with Gasteiger partial charge in [0.15, 0.2) is 0 Å². The molecule has 0 saturated heterocycles. The second kappa shape index (κ2) is 6.66. The molecule has 4 atom stereocenters. The molecule has 0 bridgehead atoms. The summed E-state index contributed by atoms with van der Waals surface area (Å²) in [5, 5.41) is 22.0. The van der Waals surface area contributed by atoms with Crippen molar-refractivity contribution < 1.29 is 10.2 Å². The van der Waals surface area contributed by atoms with Gasteiger partial charge in [-0.2, -0.15) is 0 Å². The van der Waals surface area contributed by atoms with E-state index in [4.69, 9.17) is 0 Å². The molecule has 0 saturated carbocycles. The normalized spacial score (nSPS) is 25.7. The molecular weight excluding hydrogens is 356 g/mol. The Morgan fingerprint density at radius 3 is 2.03 bits per heavy atom. The van der Waals surface area contributed by atoms with Gasteiger partial charge in [-0.15, -0.1) is 0 Å². The molecule has 0 radical (unpaired) electrons. The maximum atomic E-state index is 11.0. The van der Waals surface area contributed by atoms with Crippen LogP contribution in [0.3, 0.4) is 0 Å². The second-order valence-corrected chi connectivity index (χ2v) is 9.05. The zero-order chi connectivity index (χ0) is 20.2. The van der Waals surface area contributed by atoms with Gasteiger partial charge in [-0.05, 0) is 65.8 Å². The smallest absolute Gasteiger partial charge is 0.119 e. The number of aromatic hydroxyl groups is 2. The van der Waals surface area contributed by atoms with Gasteiger partial charge in [-0.25, -0.2) is 0 Å². The van der Waals surface area contributed by atoms with Crippen LogP contribution in [0.1, 0.15) is 54.0 Å². The first-order valence-corrected chi connectivity index (χ1v) is 10.7. The fourth-order valence-corrected chi connectivity index (χ4v) is 6.43. The van der Waals surface area contributed by atoms with E-state index in [1.165, 1.54) is 16.7 Å². The average Bonchev–Trinajstić information content (AvgIpc) is 3.20. The summed E-state index contributed by atoms with van der Waals surface area (Å²) in [6.45, 7) is 4.60. The van der Waals surface area contributed by atoms with E-state index in [1.54, 1.807) is 0 Å². The van der Waals surface area contributed by atoms with Crippen molar-refractivity contribution >= 4 is 0 Å². The number of fused-ring (bicyclic) bond motifs is 4. The number of benzene rings is 3. The van der Waals surface area contributed by atoms with Crippen molar-refractivity contribution in [2.75, 3.05) is 0 Å². The van der Waals surface area contributed by atoms with Crippen LogP contribution in [0, 0.1) is 11.8 Å². The van der Waals surface area contributed by atoms with E-state index in [-0.39, 0.29) is 5.41 Å². The fourth-order valence-electron chi connectivity index (χ4n) is 6.43. The summed E-state index contributed by atoms with van der Waals surface area (Å²) in [7, 11) is 0. The molecule has 3 aromatic carbocycles. The summed E-state index contributed by atoms with van der Waals surface area (Å²) in [6, 6.07) is 22.5. The molecule has 1 unspecified atom stereocenters. The number of hydrogen-bond donors (Lipinski definition) is 2. The molecule has 0 aromatic heterocycles. The van der Waals surface area contributed by atoms with Crippen molar-refractivity contribution in [3.63, 3.8) is 0 Å². The van der Waals surface area contributed by atoms with Gasteiger partial charge in [0.1, 0.15) is 11.5 Å². The molecule has 2 nitrogen and oxygen atoms in total. The largest absolute Gasteiger partial charge is 0.508 e. The highest BCUT2D eigenvalue weighted by molar-refractivity contribution is 5.63. The van der Waals surface area contributed by atoms with E-state index < -0.39 is 0 Å². The predicted molar refractivity (Wildman–Crippen MR) is 117 cm³/mol. The first-order chi connectivity index (χ1) is 14.0. The molecule has 0 amide bonds. The van der Waals surface area contributed by atoms with Gasteiger partial charge in [0.25, 0.3) is 0 Å². The third-order valence-corrected chi connectivity index (χ3v) is 7.51. The Labute approximate surface area is 172 Å². The molecule has 2 aliphatic carbocycles. The standard InChI is InChI=1S/C27H28O2/c1-17(19-8-4-3-5-9-19)14-22-16-21-11-7-13-24(29)26(21)27(22)18(2)15-20-10-6-12-23(28)25(20)27/h3-13,17-18,22,28-29H,14-16H2,1-2H3/t17?,18-,22-,27-/m1/s1. The lowest BCUT2D eigenvalue weighted by atomic mass is 9.63. The minimum atomic E-state index is -0.329. The quantitative estimate of drug-likeness (QED) is 0.586. The molecule has 3 aromatic rings. The van der Waals surface area contributed by atoms with Crippen LogP contribution in [0.5, 0.6) is 11.5 Å². The zero-order valence-corrected chi connectivity index (χ0v) is 17.1. The van der Waals surface area contributed by atoms with Crippen LogP contribution >= 0.6 is 0 Å². The Balaban J connectivity index is 1.69. The SMILES string of the molecule is CC(C[C@@H]1Cc2cccc(O)c2[C@@]12c1c(O)cccc1C[C@H]2C)c1ccccc1. The lowest BCUT2D eigenvalue weighted by molar-refractivity contribution is 0.236. The first-order valence-electron chi connectivity index (χ1n) is 10.7. The maximum Gasteiger partial charge on any atom is 0.119 e. The van der Waals surface area contributed by atoms with E-state index in [1.807, 2.05) is 24.3 Å². The minimum Gasteiger partial charge on any atom is -0.508 e. The van der Waals surface area contributed by atoms with Crippen molar-refractivity contribution in [2.24, 2.45) is 11.8 Å². The Morgan fingerprint density at radius 1 is 0.828 bits per heavy atom. The summed E-state index contributed by atoms with van der Waals surface area (Å²) in [4.78, 5) is 0. The van der Waals surface area contributed by atoms with E-state index in [9.17, 15) is 10.2 Å². The molecule has 2 aliphatic rings. The Bertz CT molecular complexity index is 1040. The summed E-state index contributed by atoms with van der Waals surface area (Å²) in [5.74, 6) is 1.83. The molecule has 1 spiro atoms. The van der Waals surface area contributed by atoms with Gasteiger partial charge in [0, 0.05) is 16.5 Å². The van der Waals surface area contributed by atoms with Crippen molar-refractivity contribution in [3.8, 4) is 11.5 Å². The second-order valence-electron chi connectivity index (χ2n) is 9.05. The fraction of sp³-hybridized carbons (Fsp3) is 0.333. The highest BCUT2D eigenvalue weighted by Gasteiger charge is 2.57. The number of rotatable bonds is 3. The van der Waals surface area contributed by atoms with Crippen molar-refractivity contribution in [3.05, 3.63) is 94.5 Å². The average molecular weight is 385 g/mol. The molecular formula is C27H28O2. The summed E-state index contributed by atoms with van der Waals surface area (Å²) in [6.07, 6.45) is 2.91. The highest BCUT2D eigenvalue weighted by atomic mass is 16.3. The number of hydrogen-bond acceptors (Lipinski definition) is 2. The van der Waals surface area contributed by atoms with E-state index in [0.29, 0.717) is 29.3 Å². The Hall–Kier alpha value is -2.74. The van der Waals surface area contributed by atoms with Crippen LogP contribution < -0.4 is 0 Å².